The molecule has 1 saturated heterocycles. The summed E-state index contributed by atoms with van der Waals surface area (Å²) in [5.74, 6) is -1.59. The molecule has 0 unspecified atom stereocenters. The number of para-hydroxylation sites is 1. The van der Waals surface area contributed by atoms with E-state index in [-0.39, 0.29) is 18.2 Å². The van der Waals surface area contributed by atoms with Crippen LogP contribution in [0.15, 0.2) is 24.3 Å². The van der Waals surface area contributed by atoms with Gasteiger partial charge in [-0.05, 0) is 31.4 Å². The summed E-state index contributed by atoms with van der Waals surface area (Å²) in [7, 11) is 0. The SMILES string of the molecule is CCCC[C@@H](CC(=O)NO)C(=O)N1CCC[C@H]1C(=O)Nc1nc2ccccc2s1. The zero-order chi connectivity index (χ0) is 20.8. The minimum absolute atomic E-state index is 0.0853. The van der Waals surface area contributed by atoms with Crippen LogP contribution in [0.5, 0.6) is 0 Å². The molecule has 0 bridgehead atoms. The highest BCUT2D eigenvalue weighted by Gasteiger charge is 2.37. The number of fused-ring (bicyclic) bond motifs is 1. The van der Waals surface area contributed by atoms with Gasteiger partial charge >= 0.3 is 0 Å². The van der Waals surface area contributed by atoms with E-state index in [0.717, 1.165) is 29.5 Å². The summed E-state index contributed by atoms with van der Waals surface area (Å²) in [5, 5.41) is 12.2. The van der Waals surface area contributed by atoms with Crippen molar-refractivity contribution < 1.29 is 19.6 Å². The number of anilines is 1. The third kappa shape index (κ3) is 5.10. The number of aromatic nitrogens is 1. The number of hydrogen-bond donors (Lipinski definition) is 3. The standard InChI is InChI=1S/C20H26N4O4S/c1-2-3-7-13(12-17(25)23-28)19(27)24-11-6-9-15(24)18(26)22-20-21-14-8-4-5-10-16(14)29-20/h4-5,8,10,13,15,28H,2-3,6-7,9,11-12H2,1H3,(H,23,25)(H,21,22,26)/t13-,15-/m0/s1. The van der Waals surface area contributed by atoms with Crippen molar-refractivity contribution in [3.63, 3.8) is 0 Å². The molecule has 8 nitrogen and oxygen atoms in total. The lowest BCUT2D eigenvalue weighted by atomic mass is 9.96. The van der Waals surface area contributed by atoms with Crippen molar-refractivity contribution in [3.8, 4) is 0 Å². The average Bonchev–Trinajstić information content (AvgIpc) is 3.36. The Bertz CT molecular complexity index is 851. The first-order chi connectivity index (χ1) is 14.0. The number of rotatable bonds is 8. The number of hydroxylamine groups is 1. The first-order valence-electron chi connectivity index (χ1n) is 9.93. The van der Waals surface area contributed by atoms with E-state index >= 15 is 0 Å². The summed E-state index contributed by atoms with van der Waals surface area (Å²) in [6, 6.07) is 7.07. The van der Waals surface area contributed by atoms with Crippen LogP contribution in [0.25, 0.3) is 10.2 Å². The fourth-order valence-corrected chi connectivity index (χ4v) is 4.55. The third-order valence-corrected chi connectivity index (χ3v) is 6.13. The third-order valence-electron chi connectivity index (χ3n) is 5.17. The van der Waals surface area contributed by atoms with Crippen molar-refractivity contribution in [1.82, 2.24) is 15.4 Å². The Kier molecular flexibility index (Phi) is 7.16. The van der Waals surface area contributed by atoms with Crippen molar-refractivity contribution in [1.29, 1.82) is 0 Å². The number of carbonyl (C=O) groups is 3. The largest absolute Gasteiger partial charge is 0.330 e. The van der Waals surface area contributed by atoms with Crippen molar-refractivity contribution >= 4 is 44.4 Å². The maximum atomic E-state index is 13.1. The smallest absolute Gasteiger partial charge is 0.248 e. The Balaban J connectivity index is 1.70. The van der Waals surface area contributed by atoms with Crippen LogP contribution >= 0.6 is 11.3 Å². The number of hydrogen-bond acceptors (Lipinski definition) is 6. The van der Waals surface area contributed by atoms with Crippen LogP contribution in [0.4, 0.5) is 5.13 Å². The van der Waals surface area contributed by atoms with Gasteiger partial charge in [-0.2, -0.15) is 0 Å². The van der Waals surface area contributed by atoms with E-state index in [1.54, 1.807) is 10.4 Å². The minimum atomic E-state index is -0.589. The Hall–Kier alpha value is -2.52. The number of thiazole rings is 1. The van der Waals surface area contributed by atoms with E-state index < -0.39 is 17.9 Å². The highest BCUT2D eigenvalue weighted by Crippen LogP contribution is 2.28. The number of nitrogens with one attached hydrogen (secondary N) is 2. The van der Waals surface area contributed by atoms with Crippen molar-refractivity contribution in [2.24, 2.45) is 5.92 Å². The Morgan fingerprint density at radius 3 is 2.86 bits per heavy atom. The summed E-state index contributed by atoms with van der Waals surface area (Å²) in [4.78, 5) is 43.6. The molecule has 0 radical (unpaired) electrons. The van der Waals surface area contributed by atoms with Crippen LogP contribution in [-0.2, 0) is 14.4 Å². The molecule has 3 amide bonds. The molecule has 2 atom stereocenters. The van der Waals surface area contributed by atoms with Crippen molar-refractivity contribution in [2.75, 3.05) is 11.9 Å². The van der Waals surface area contributed by atoms with E-state index in [9.17, 15) is 14.4 Å². The van der Waals surface area contributed by atoms with Gasteiger partial charge in [0.2, 0.25) is 17.7 Å². The van der Waals surface area contributed by atoms with Gasteiger partial charge in [-0.15, -0.1) is 0 Å². The highest BCUT2D eigenvalue weighted by molar-refractivity contribution is 7.22. The van der Waals surface area contributed by atoms with Crippen LogP contribution in [-0.4, -0.2) is 45.4 Å². The molecule has 1 fully saturated rings. The number of carbonyl (C=O) groups excluding carboxylic acids is 3. The van der Waals surface area contributed by atoms with Gasteiger partial charge in [0.25, 0.3) is 0 Å². The molecular formula is C20H26N4O4S. The first kappa shape index (κ1) is 21.2. The molecule has 3 rings (SSSR count). The number of unbranched alkanes of at least 4 members (excludes halogenated alkanes) is 1. The predicted molar refractivity (Wildman–Crippen MR) is 111 cm³/mol. The molecule has 9 heteroatoms. The number of amides is 3. The molecule has 0 saturated carbocycles. The Labute approximate surface area is 173 Å². The van der Waals surface area contributed by atoms with Crippen LogP contribution in [0.2, 0.25) is 0 Å². The average molecular weight is 419 g/mol. The molecule has 156 valence electrons. The van der Waals surface area contributed by atoms with E-state index in [4.69, 9.17) is 5.21 Å². The molecule has 1 aromatic heterocycles. The van der Waals surface area contributed by atoms with Gasteiger partial charge in [0.15, 0.2) is 5.13 Å². The minimum Gasteiger partial charge on any atom is -0.330 e. The van der Waals surface area contributed by atoms with Gasteiger partial charge in [-0.1, -0.05) is 43.2 Å². The molecule has 2 heterocycles. The van der Waals surface area contributed by atoms with Crippen LogP contribution in [0.1, 0.15) is 45.4 Å². The summed E-state index contributed by atoms with van der Waals surface area (Å²) in [6.45, 7) is 2.50. The molecule has 0 spiro atoms. The van der Waals surface area contributed by atoms with Gasteiger partial charge < -0.3 is 10.2 Å². The maximum Gasteiger partial charge on any atom is 0.248 e. The quantitative estimate of drug-likeness (QED) is 0.451. The van der Waals surface area contributed by atoms with Gasteiger partial charge in [0.1, 0.15) is 6.04 Å². The lowest BCUT2D eigenvalue weighted by Crippen LogP contribution is -2.46. The van der Waals surface area contributed by atoms with Gasteiger partial charge in [-0.25, -0.2) is 10.5 Å². The molecule has 0 aliphatic carbocycles. The van der Waals surface area contributed by atoms with E-state index in [1.807, 2.05) is 31.2 Å². The topological polar surface area (TPSA) is 112 Å². The van der Waals surface area contributed by atoms with Crippen molar-refractivity contribution in [2.45, 2.75) is 51.5 Å². The first-order valence-corrected chi connectivity index (χ1v) is 10.7. The summed E-state index contributed by atoms with van der Waals surface area (Å²) < 4.78 is 0.983. The second kappa shape index (κ2) is 9.80. The summed E-state index contributed by atoms with van der Waals surface area (Å²) in [6.07, 6.45) is 3.46. The summed E-state index contributed by atoms with van der Waals surface area (Å²) >= 11 is 1.40. The van der Waals surface area contributed by atoms with Gasteiger partial charge in [0.05, 0.1) is 10.2 Å². The van der Waals surface area contributed by atoms with Gasteiger partial charge in [-0.3, -0.25) is 19.6 Å². The zero-order valence-corrected chi connectivity index (χ0v) is 17.2. The second-order valence-corrected chi connectivity index (χ2v) is 8.27. The molecular weight excluding hydrogens is 392 g/mol. The lowest BCUT2D eigenvalue weighted by molar-refractivity contribution is -0.143. The predicted octanol–water partition coefficient (Wildman–Crippen LogP) is 2.93. The molecule has 1 aliphatic rings. The Morgan fingerprint density at radius 2 is 2.14 bits per heavy atom. The number of nitrogens with zero attached hydrogens (tertiary/aromatic N) is 2. The van der Waals surface area contributed by atoms with E-state index in [2.05, 4.69) is 10.3 Å². The van der Waals surface area contributed by atoms with E-state index in [1.165, 1.54) is 11.3 Å². The molecule has 3 N–H and O–H groups in total. The lowest BCUT2D eigenvalue weighted by Gasteiger charge is -2.27. The summed E-state index contributed by atoms with van der Waals surface area (Å²) in [5.41, 5.74) is 2.42. The molecule has 1 aliphatic heterocycles. The maximum absolute atomic E-state index is 13.1. The molecule has 2 aromatic rings. The Morgan fingerprint density at radius 1 is 1.34 bits per heavy atom. The monoisotopic (exact) mass is 418 g/mol. The normalized spacial score (nSPS) is 17.3. The highest BCUT2D eigenvalue weighted by atomic mass is 32.1. The van der Waals surface area contributed by atoms with Crippen LogP contribution in [0, 0.1) is 5.92 Å². The van der Waals surface area contributed by atoms with Crippen LogP contribution < -0.4 is 10.8 Å². The van der Waals surface area contributed by atoms with Crippen molar-refractivity contribution in [3.05, 3.63) is 24.3 Å². The fourth-order valence-electron chi connectivity index (χ4n) is 3.68. The molecule has 1 aromatic carbocycles. The number of likely N-dealkylation sites (tertiary alicyclic amines) is 1. The van der Waals surface area contributed by atoms with E-state index in [0.29, 0.717) is 24.5 Å². The van der Waals surface area contributed by atoms with Gasteiger partial charge in [0, 0.05) is 18.9 Å². The van der Waals surface area contributed by atoms with Crippen LogP contribution in [0.3, 0.4) is 0 Å². The molecule has 29 heavy (non-hydrogen) atoms. The fraction of sp³-hybridized carbons (Fsp3) is 0.500. The number of benzene rings is 1. The second-order valence-electron chi connectivity index (χ2n) is 7.24. The zero-order valence-electron chi connectivity index (χ0n) is 16.4.